The molecule has 0 spiro atoms. The average Bonchev–Trinajstić information content (AvgIpc) is 3.08. The normalized spacial score (nSPS) is 23.6. The number of carbonyl (C=O) groups is 1. The molecule has 0 saturated carbocycles. The van der Waals surface area contributed by atoms with Crippen molar-refractivity contribution in [2.75, 3.05) is 11.9 Å². The molecule has 134 valence electrons. The number of hydrogen-bond donors (Lipinski definition) is 1. The summed E-state index contributed by atoms with van der Waals surface area (Å²) < 4.78 is 5.99. The van der Waals surface area contributed by atoms with Crippen LogP contribution in [-0.4, -0.2) is 23.6 Å². The third kappa shape index (κ3) is 4.28. The van der Waals surface area contributed by atoms with Crippen LogP contribution in [0.4, 0.5) is 5.13 Å². The zero-order chi connectivity index (χ0) is 17.9. The summed E-state index contributed by atoms with van der Waals surface area (Å²) in [6.45, 7) is 7.16. The molecular weight excluding hydrogens is 332 g/mol. The molecule has 25 heavy (non-hydrogen) atoms. The van der Waals surface area contributed by atoms with Gasteiger partial charge >= 0.3 is 0 Å². The Balaban J connectivity index is 1.85. The number of anilines is 1. The first-order chi connectivity index (χ1) is 12.0. The molecule has 1 N–H and O–H groups in total. The molecule has 0 aliphatic carbocycles. The van der Waals surface area contributed by atoms with E-state index in [1.54, 1.807) is 6.20 Å². The van der Waals surface area contributed by atoms with Gasteiger partial charge in [0.1, 0.15) is 0 Å². The van der Waals surface area contributed by atoms with Gasteiger partial charge in [-0.2, -0.15) is 0 Å². The van der Waals surface area contributed by atoms with E-state index < -0.39 is 0 Å². The fourth-order valence-corrected chi connectivity index (χ4v) is 4.11. The van der Waals surface area contributed by atoms with Crippen LogP contribution >= 0.6 is 11.3 Å². The van der Waals surface area contributed by atoms with Crippen LogP contribution in [0.5, 0.6) is 0 Å². The van der Waals surface area contributed by atoms with Gasteiger partial charge in [-0.05, 0) is 31.2 Å². The molecule has 0 radical (unpaired) electrons. The number of thiazole rings is 1. The molecule has 5 heteroatoms. The fraction of sp³-hybridized carbons (Fsp3) is 0.500. The second-order valence-electron chi connectivity index (χ2n) is 7.32. The van der Waals surface area contributed by atoms with Gasteiger partial charge < -0.3 is 10.1 Å². The van der Waals surface area contributed by atoms with Crippen LogP contribution in [0.15, 0.2) is 35.8 Å². The topological polar surface area (TPSA) is 51.2 Å². The molecule has 1 aromatic heterocycles. The predicted molar refractivity (Wildman–Crippen MR) is 102 cm³/mol. The third-order valence-corrected chi connectivity index (χ3v) is 5.78. The van der Waals surface area contributed by atoms with Gasteiger partial charge in [0.05, 0.1) is 6.10 Å². The van der Waals surface area contributed by atoms with E-state index in [1.807, 2.05) is 5.38 Å². The quantitative estimate of drug-likeness (QED) is 0.853. The van der Waals surface area contributed by atoms with Crippen molar-refractivity contribution < 1.29 is 9.53 Å². The minimum Gasteiger partial charge on any atom is -0.378 e. The molecular formula is C20H26N2O2S. The first kappa shape index (κ1) is 18.1. The zero-order valence-corrected chi connectivity index (χ0v) is 15.9. The molecule has 1 saturated heterocycles. The van der Waals surface area contributed by atoms with Gasteiger partial charge in [0.15, 0.2) is 5.13 Å². The van der Waals surface area contributed by atoms with Crippen LogP contribution in [0.1, 0.15) is 44.2 Å². The summed E-state index contributed by atoms with van der Waals surface area (Å²) in [4.78, 5) is 16.9. The van der Waals surface area contributed by atoms with Crippen molar-refractivity contribution in [1.29, 1.82) is 0 Å². The maximum atomic E-state index is 12.7. The SMILES string of the molecule is Cc1ccc([C@]2(CC(=O)Nc3nccs3)CCO[C@H](C(C)C)C2)cc1. The minimum absolute atomic E-state index is 0.0277. The summed E-state index contributed by atoms with van der Waals surface area (Å²) in [6, 6.07) is 8.62. The Labute approximate surface area is 153 Å². The van der Waals surface area contributed by atoms with E-state index in [0.717, 1.165) is 12.8 Å². The van der Waals surface area contributed by atoms with E-state index in [0.29, 0.717) is 24.1 Å². The molecule has 2 heterocycles. The molecule has 3 rings (SSSR count). The van der Waals surface area contributed by atoms with Crippen molar-refractivity contribution in [3.63, 3.8) is 0 Å². The van der Waals surface area contributed by atoms with Crippen LogP contribution in [-0.2, 0) is 14.9 Å². The Morgan fingerprint density at radius 3 is 2.80 bits per heavy atom. The van der Waals surface area contributed by atoms with Crippen LogP contribution in [0.25, 0.3) is 0 Å². The van der Waals surface area contributed by atoms with Gasteiger partial charge in [-0.1, -0.05) is 43.7 Å². The van der Waals surface area contributed by atoms with Gasteiger partial charge in [0.2, 0.25) is 5.91 Å². The van der Waals surface area contributed by atoms with Gasteiger partial charge in [0, 0.05) is 30.0 Å². The standard InChI is InChI=1S/C20H26N2O2S/c1-14(2)17-12-20(8-10-24-17,16-6-4-15(3)5-7-16)13-18(23)22-19-21-9-11-25-19/h4-7,9,11,14,17H,8,10,12-13H2,1-3H3,(H,21,22,23)/t17-,20+/m0/s1. The van der Waals surface area contributed by atoms with E-state index in [2.05, 4.69) is 55.3 Å². The third-order valence-electron chi connectivity index (χ3n) is 5.09. The van der Waals surface area contributed by atoms with Crippen molar-refractivity contribution in [3.05, 3.63) is 47.0 Å². The highest BCUT2D eigenvalue weighted by atomic mass is 32.1. The summed E-state index contributed by atoms with van der Waals surface area (Å²) in [5.74, 6) is 0.465. The molecule has 2 aromatic rings. The first-order valence-corrected chi connectivity index (χ1v) is 9.74. The molecule has 1 aromatic carbocycles. The van der Waals surface area contributed by atoms with E-state index in [-0.39, 0.29) is 17.4 Å². The number of nitrogens with one attached hydrogen (secondary N) is 1. The van der Waals surface area contributed by atoms with E-state index in [9.17, 15) is 4.79 Å². The summed E-state index contributed by atoms with van der Waals surface area (Å²) in [5.41, 5.74) is 2.29. The Morgan fingerprint density at radius 1 is 1.40 bits per heavy atom. The average molecular weight is 359 g/mol. The number of amides is 1. The van der Waals surface area contributed by atoms with Crippen LogP contribution in [0, 0.1) is 12.8 Å². The van der Waals surface area contributed by atoms with Crippen LogP contribution in [0.2, 0.25) is 0 Å². The molecule has 1 fully saturated rings. The molecule has 1 amide bonds. The number of nitrogens with zero attached hydrogens (tertiary/aromatic N) is 1. The van der Waals surface area contributed by atoms with E-state index in [1.165, 1.54) is 22.5 Å². The number of aromatic nitrogens is 1. The lowest BCUT2D eigenvalue weighted by Gasteiger charge is -2.42. The van der Waals surface area contributed by atoms with Crippen molar-refractivity contribution in [3.8, 4) is 0 Å². The predicted octanol–water partition coefficient (Wildman–Crippen LogP) is 4.55. The van der Waals surface area contributed by atoms with Gasteiger partial charge in [-0.3, -0.25) is 4.79 Å². The lowest BCUT2D eigenvalue weighted by molar-refractivity contribution is -0.119. The van der Waals surface area contributed by atoms with Gasteiger partial charge in [-0.25, -0.2) is 4.98 Å². The maximum absolute atomic E-state index is 12.7. The largest absolute Gasteiger partial charge is 0.378 e. The van der Waals surface area contributed by atoms with Crippen molar-refractivity contribution >= 4 is 22.4 Å². The van der Waals surface area contributed by atoms with Gasteiger partial charge in [0.25, 0.3) is 0 Å². The number of ether oxygens (including phenoxy) is 1. The number of rotatable bonds is 5. The molecule has 0 unspecified atom stereocenters. The lowest BCUT2D eigenvalue weighted by Crippen LogP contribution is -2.43. The van der Waals surface area contributed by atoms with Crippen molar-refractivity contribution in [1.82, 2.24) is 4.98 Å². The summed E-state index contributed by atoms with van der Waals surface area (Å²) in [6.07, 6.45) is 4.09. The first-order valence-electron chi connectivity index (χ1n) is 8.87. The molecule has 1 aliphatic rings. The monoisotopic (exact) mass is 358 g/mol. The Hall–Kier alpha value is -1.72. The van der Waals surface area contributed by atoms with Gasteiger partial charge in [-0.15, -0.1) is 11.3 Å². The van der Waals surface area contributed by atoms with E-state index >= 15 is 0 Å². The number of hydrogen-bond acceptors (Lipinski definition) is 4. The Bertz CT molecular complexity index is 697. The fourth-order valence-electron chi connectivity index (χ4n) is 3.57. The van der Waals surface area contributed by atoms with Crippen LogP contribution < -0.4 is 5.32 Å². The molecule has 1 aliphatic heterocycles. The highest BCUT2D eigenvalue weighted by Crippen LogP contribution is 2.42. The molecule has 2 atom stereocenters. The maximum Gasteiger partial charge on any atom is 0.227 e. The number of benzene rings is 1. The minimum atomic E-state index is -0.178. The summed E-state index contributed by atoms with van der Waals surface area (Å²) in [7, 11) is 0. The smallest absolute Gasteiger partial charge is 0.227 e. The number of carbonyl (C=O) groups excluding carboxylic acids is 1. The Morgan fingerprint density at radius 2 is 2.16 bits per heavy atom. The second-order valence-corrected chi connectivity index (χ2v) is 8.21. The second kappa shape index (κ2) is 7.67. The summed E-state index contributed by atoms with van der Waals surface area (Å²) >= 11 is 1.45. The van der Waals surface area contributed by atoms with Crippen molar-refractivity contribution in [2.24, 2.45) is 5.92 Å². The molecule has 4 nitrogen and oxygen atoms in total. The highest BCUT2D eigenvalue weighted by Gasteiger charge is 2.41. The van der Waals surface area contributed by atoms with E-state index in [4.69, 9.17) is 4.74 Å². The van der Waals surface area contributed by atoms with Crippen molar-refractivity contribution in [2.45, 2.75) is 51.6 Å². The molecule has 0 bridgehead atoms. The highest BCUT2D eigenvalue weighted by molar-refractivity contribution is 7.13. The lowest BCUT2D eigenvalue weighted by atomic mass is 9.68. The van der Waals surface area contributed by atoms with Crippen LogP contribution in [0.3, 0.4) is 0 Å². The zero-order valence-electron chi connectivity index (χ0n) is 15.1. The summed E-state index contributed by atoms with van der Waals surface area (Å²) in [5, 5.41) is 5.48. The Kier molecular flexibility index (Phi) is 5.54. The number of aryl methyl sites for hydroxylation is 1.